The summed E-state index contributed by atoms with van der Waals surface area (Å²) in [6.45, 7) is 4.47. The third kappa shape index (κ3) is 4.66. The van der Waals surface area contributed by atoms with Gasteiger partial charge in [-0.1, -0.05) is 57.9 Å². The average molecular weight is 495 g/mol. The van der Waals surface area contributed by atoms with E-state index in [9.17, 15) is 5.11 Å². The van der Waals surface area contributed by atoms with E-state index in [2.05, 4.69) is 52.4 Å². The van der Waals surface area contributed by atoms with Crippen LogP contribution in [0.25, 0.3) is 0 Å². The molecule has 0 bridgehead atoms. The van der Waals surface area contributed by atoms with Crippen molar-refractivity contribution in [1.29, 1.82) is 0 Å². The minimum absolute atomic E-state index is 0.155. The van der Waals surface area contributed by atoms with Crippen molar-refractivity contribution in [2.75, 3.05) is 13.7 Å². The van der Waals surface area contributed by atoms with E-state index in [-0.39, 0.29) is 18.0 Å². The summed E-state index contributed by atoms with van der Waals surface area (Å²) in [5.41, 5.74) is 4.96. The minimum Gasteiger partial charge on any atom is -0.504 e. The molecule has 0 saturated heterocycles. The third-order valence-electron chi connectivity index (χ3n) is 5.62. The van der Waals surface area contributed by atoms with Crippen molar-refractivity contribution in [2.24, 2.45) is 4.99 Å². The van der Waals surface area contributed by atoms with Crippen LogP contribution in [0.1, 0.15) is 47.8 Å². The SMILES string of the molecule is CCOc1cccc(C2CC(c3ccc(C)cc3)=NC(c3cc(Br)ccc3OC)N2)c1O. The summed E-state index contributed by atoms with van der Waals surface area (Å²) in [5, 5.41) is 14.5. The largest absolute Gasteiger partial charge is 0.504 e. The summed E-state index contributed by atoms with van der Waals surface area (Å²) < 4.78 is 12.2. The van der Waals surface area contributed by atoms with Crippen LogP contribution in [0.4, 0.5) is 0 Å². The fourth-order valence-electron chi connectivity index (χ4n) is 4.00. The number of aliphatic imine (C=N–C) groups is 1. The fraction of sp³-hybridized carbons (Fsp3) is 0.269. The maximum absolute atomic E-state index is 10.9. The van der Waals surface area contributed by atoms with Gasteiger partial charge in [0.05, 0.1) is 13.7 Å². The van der Waals surface area contributed by atoms with E-state index >= 15 is 0 Å². The van der Waals surface area contributed by atoms with Crippen LogP contribution in [0.3, 0.4) is 0 Å². The highest BCUT2D eigenvalue weighted by Gasteiger charge is 2.30. The molecule has 2 N–H and O–H groups in total. The van der Waals surface area contributed by atoms with Crippen LogP contribution in [0.5, 0.6) is 17.2 Å². The number of para-hydroxylation sites is 1. The summed E-state index contributed by atoms with van der Waals surface area (Å²) in [6, 6.07) is 19.8. The van der Waals surface area contributed by atoms with E-state index in [4.69, 9.17) is 14.5 Å². The lowest BCUT2D eigenvalue weighted by Crippen LogP contribution is -2.33. The fourth-order valence-corrected chi connectivity index (χ4v) is 4.38. The first-order chi connectivity index (χ1) is 15.5. The van der Waals surface area contributed by atoms with Crippen LogP contribution in [0.15, 0.2) is 70.1 Å². The van der Waals surface area contributed by atoms with Crippen molar-refractivity contribution < 1.29 is 14.6 Å². The number of phenolic OH excluding ortho intramolecular Hbond substituents is 1. The van der Waals surface area contributed by atoms with Gasteiger partial charge in [0.25, 0.3) is 0 Å². The van der Waals surface area contributed by atoms with Crippen LogP contribution < -0.4 is 14.8 Å². The van der Waals surface area contributed by atoms with Crippen LogP contribution in [0.2, 0.25) is 0 Å². The number of hydrogen-bond donors (Lipinski definition) is 2. The summed E-state index contributed by atoms with van der Waals surface area (Å²) in [6.07, 6.45) is 0.298. The molecule has 2 atom stereocenters. The number of halogens is 1. The topological polar surface area (TPSA) is 63.1 Å². The van der Waals surface area contributed by atoms with Crippen LogP contribution in [-0.4, -0.2) is 24.5 Å². The van der Waals surface area contributed by atoms with Gasteiger partial charge in [0, 0.05) is 33.8 Å². The standard InChI is InChI=1S/C26H27BrN2O3/c1-4-32-24-7-5-6-19(25(24)30)22-15-21(17-10-8-16(2)9-11-17)28-26(29-22)20-14-18(27)12-13-23(20)31-3/h5-14,22,26,29-30H,4,15H2,1-3H3. The molecule has 2 unspecified atom stereocenters. The molecule has 0 spiro atoms. The number of phenols is 1. The molecule has 1 heterocycles. The number of benzene rings is 3. The van der Waals surface area contributed by atoms with Gasteiger partial charge in [-0.25, -0.2) is 0 Å². The van der Waals surface area contributed by atoms with Crippen molar-refractivity contribution in [2.45, 2.75) is 32.5 Å². The molecule has 0 radical (unpaired) electrons. The minimum atomic E-state index is -0.340. The summed E-state index contributed by atoms with van der Waals surface area (Å²) in [4.78, 5) is 5.06. The maximum Gasteiger partial charge on any atom is 0.162 e. The Morgan fingerprint density at radius 3 is 2.56 bits per heavy atom. The molecule has 0 aliphatic carbocycles. The molecule has 0 fully saturated rings. The lowest BCUT2D eigenvalue weighted by molar-refractivity contribution is 0.313. The highest BCUT2D eigenvalue weighted by molar-refractivity contribution is 9.10. The quantitative estimate of drug-likeness (QED) is 0.434. The Morgan fingerprint density at radius 1 is 1.06 bits per heavy atom. The van der Waals surface area contributed by atoms with Crippen LogP contribution in [0, 0.1) is 6.92 Å². The second-order valence-corrected chi connectivity index (χ2v) is 8.70. The molecule has 5 nitrogen and oxygen atoms in total. The number of nitrogens with zero attached hydrogens (tertiary/aromatic N) is 1. The number of nitrogens with one attached hydrogen (secondary N) is 1. The van der Waals surface area contributed by atoms with Gasteiger partial charge in [-0.05, 0) is 43.7 Å². The molecule has 0 aromatic heterocycles. The second-order valence-electron chi connectivity index (χ2n) is 7.78. The molecule has 3 aromatic carbocycles. The summed E-state index contributed by atoms with van der Waals surface area (Å²) in [5.74, 6) is 1.41. The van der Waals surface area contributed by atoms with Gasteiger partial charge in [0.2, 0.25) is 0 Å². The molecular weight excluding hydrogens is 468 g/mol. The monoisotopic (exact) mass is 494 g/mol. The van der Waals surface area contributed by atoms with E-state index < -0.39 is 0 Å². The number of methoxy groups -OCH3 is 1. The number of rotatable bonds is 6. The van der Waals surface area contributed by atoms with E-state index in [1.54, 1.807) is 13.2 Å². The molecule has 3 aromatic rings. The molecule has 32 heavy (non-hydrogen) atoms. The molecule has 166 valence electrons. The molecule has 6 heteroatoms. The van der Waals surface area contributed by atoms with Crippen molar-refractivity contribution >= 4 is 21.6 Å². The first-order valence-electron chi connectivity index (χ1n) is 10.7. The molecular formula is C26H27BrN2O3. The van der Waals surface area contributed by atoms with Crippen LogP contribution >= 0.6 is 15.9 Å². The van der Waals surface area contributed by atoms with E-state index in [1.807, 2.05) is 37.3 Å². The zero-order valence-electron chi connectivity index (χ0n) is 18.4. The Kier molecular flexibility index (Phi) is 6.82. The number of aromatic hydroxyl groups is 1. The Balaban J connectivity index is 1.80. The molecule has 0 amide bonds. The van der Waals surface area contributed by atoms with E-state index in [0.29, 0.717) is 18.8 Å². The maximum atomic E-state index is 10.9. The van der Waals surface area contributed by atoms with Crippen molar-refractivity contribution in [3.63, 3.8) is 0 Å². The van der Waals surface area contributed by atoms with Gasteiger partial charge in [0.15, 0.2) is 11.5 Å². The Labute approximate surface area is 197 Å². The molecule has 1 aliphatic rings. The van der Waals surface area contributed by atoms with Crippen LogP contribution in [-0.2, 0) is 0 Å². The van der Waals surface area contributed by atoms with E-state index in [0.717, 1.165) is 32.6 Å². The van der Waals surface area contributed by atoms with Gasteiger partial charge in [-0.15, -0.1) is 0 Å². The predicted molar refractivity (Wildman–Crippen MR) is 131 cm³/mol. The Hall–Kier alpha value is -2.83. The van der Waals surface area contributed by atoms with Crippen molar-refractivity contribution in [1.82, 2.24) is 5.32 Å². The van der Waals surface area contributed by atoms with Crippen molar-refractivity contribution in [3.05, 3.63) is 87.4 Å². The Bertz CT molecular complexity index is 1130. The average Bonchev–Trinajstić information content (AvgIpc) is 2.80. The zero-order chi connectivity index (χ0) is 22.7. The number of aryl methyl sites for hydroxylation is 1. The normalized spacial score (nSPS) is 18.2. The molecule has 4 rings (SSSR count). The van der Waals surface area contributed by atoms with Crippen molar-refractivity contribution in [3.8, 4) is 17.2 Å². The van der Waals surface area contributed by atoms with Gasteiger partial charge < -0.3 is 14.6 Å². The summed E-state index contributed by atoms with van der Waals surface area (Å²) in [7, 11) is 1.66. The highest BCUT2D eigenvalue weighted by Crippen LogP contribution is 2.40. The first kappa shape index (κ1) is 22.4. The number of ether oxygens (including phenoxy) is 2. The lowest BCUT2D eigenvalue weighted by atomic mass is 9.93. The number of hydrogen-bond acceptors (Lipinski definition) is 5. The smallest absolute Gasteiger partial charge is 0.162 e. The lowest BCUT2D eigenvalue weighted by Gasteiger charge is -2.32. The second kappa shape index (κ2) is 9.76. The van der Waals surface area contributed by atoms with Gasteiger partial charge >= 0.3 is 0 Å². The zero-order valence-corrected chi connectivity index (χ0v) is 20.0. The van der Waals surface area contributed by atoms with Gasteiger partial charge in [-0.2, -0.15) is 0 Å². The van der Waals surface area contributed by atoms with E-state index in [1.165, 1.54) is 5.56 Å². The highest BCUT2D eigenvalue weighted by atomic mass is 79.9. The summed E-state index contributed by atoms with van der Waals surface area (Å²) >= 11 is 3.57. The molecule has 1 aliphatic heterocycles. The first-order valence-corrected chi connectivity index (χ1v) is 11.5. The van der Waals surface area contributed by atoms with Gasteiger partial charge in [0.1, 0.15) is 11.9 Å². The third-order valence-corrected chi connectivity index (χ3v) is 6.11. The molecule has 0 saturated carbocycles. The Morgan fingerprint density at radius 2 is 1.84 bits per heavy atom. The predicted octanol–water partition coefficient (Wildman–Crippen LogP) is 6.09. The van der Waals surface area contributed by atoms with Gasteiger partial charge in [-0.3, -0.25) is 10.3 Å².